The van der Waals surface area contributed by atoms with Crippen LogP contribution in [0.25, 0.3) is 0 Å². The van der Waals surface area contributed by atoms with Gasteiger partial charge in [0.05, 0.1) is 0 Å². The fraction of sp³-hybridized carbons (Fsp3) is 0.333. The number of pyridine rings is 1. The zero-order valence-electron chi connectivity index (χ0n) is 8.99. The van der Waals surface area contributed by atoms with Crippen LogP contribution in [0, 0.1) is 17.0 Å². The van der Waals surface area contributed by atoms with E-state index >= 15 is 0 Å². The average molecular weight is 241 g/mol. The van der Waals surface area contributed by atoms with Crippen molar-refractivity contribution in [2.45, 2.75) is 13.0 Å². The molecular weight excluding hydrogens is 230 g/mol. The molecule has 0 aliphatic heterocycles. The first-order chi connectivity index (χ1) is 7.91. The summed E-state index contributed by atoms with van der Waals surface area (Å²) in [4.78, 5) is 24.1. The third-order valence-electron chi connectivity index (χ3n) is 1.89. The predicted octanol–water partition coefficient (Wildman–Crippen LogP) is 0.0889. The van der Waals surface area contributed by atoms with Crippen LogP contribution in [-0.2, 0) is 4.79 Å². The molecule has 0 fully saturated rings. The minimum absolute atomic E-state index is 0.0997. The van der Waals surface area contributed by atoms with E-state index in [1.807, 2.05) is 0 Å². The van der Waals surface area contributed by atoms with Crippen molar-refractivity contribution in [1.82, 2.24) is 4.98 Å². The molecule has 0 saturated heterocycles. The molecule has 0 saturated carbocycles. The molecule has 0 radical (unpaired) electrons. The summed E-state index contributed by atoms with van der Waals surface area (Å²) in [6.07, 6.45) is 0. The number of ether oxygens (including phenoxy) is 1. The van der Waals surface area contributed by atoms with Gasteiger partial charge in [0.1, 0.15) is 18.3 Å². The van der Waals surface area contributed by atoms with E-state index in [0.29, 0.717) is 5.69 Å². The molecule has 8 heteroatoms. The Morgan fingerprint density at radius 2 is 2.35 bits per heavy atom. The van der Waals surface area contributed by atoms with E-state index in [9.17, 15) is 14.9 Å². The van der Waals surface area contributed by atoms with Crippen molar-refractivity contribution < 1.29 is 19.6 Å². The van der Waals surface area contributed by atoms with E-state index in [2.05, 4.69) is 4.98 Å². The zero-order chi connectivity index (χ0) is 13.0. The monoisotopic (exact) mass is 241 g/mol. The molecule has 0 aromatic carbocycles. The van der Waals surface area contributed by atoms with Crippen molar-refractivity contribution in [1.29, 1.82) is 0 Å². The summed E-state index contributed by atoms with van der Waals surface area (Å²) in [5.74, 6) is -1.80. The van der Waals surface area contributed by atoms with E-state index in [0.717, 1.165) is 0 Å². The number of aromatic nitrogens is 1. The molecule has 1 unspecified atom stereocenters. The number of carboxylic acids is 1. The van der Waals surface area contributed by atoms with E-state index in [1.54, 1.807) is 6.92 Å². The topological polar surface area (TPSA) is 129 Å². The lowest BCUT2D eigenvalue weighted by molar-refractivity contribution is -0.390. The first-order valence-electron chi connectivity index (χ1n) is 4.65. The number of nitro groups is 1. The number of aliphatic carboxylic acids is 1. The number of carbonyl (C=O) groups is 1. The Morgan fingerprint density at radius 3 is 2.88 bits per heavy atom. The summed E-state index contributed by atoms with van der Waals surface area (Å²) in [5, 5.41) is 19.2. The Balaban J connectivity index is 2.84. The number of nitrogens with two attached hydrogens (primary N) is 1. The maximum atomic E-state index is 10.7. The fourth-order valence-corrected chi connectivity index (χ4v) is 1.02. The van der Waals surface area contributed by atoms with Gasteiger partial charge >= 0.3 is 11.8 Å². The van der Waals surface area contributed by atoms with Crippen molar-refractivity contribution in [2.75, 3.05) is 6.61 Å². The summed E-state index contributed by atoms with van der Waals surface area (Å²) in [6, 6.07) is 1.64. The Kier molecular flexibility index (Phi) is 3.94. The molecular formula is C9H11N3O5. The van der Waals surface area contributed by atoms with E-state index < -0.39 is 22.8 Å². The van der Waals surface area contributed by atoms with Gasteiger partial charge in [-0.2, -0.15) is 0 Å². The van der Waals surface area contributed by atoms with Gasteiger partial charge in [0, 0.05) is 6.92 Å². The highest BCUT2D eigenvalue weighted by atomic mass is 16.6. The van der Waals surface area contributed by atoms with Crippen LogP contribution in [0.3, 0.4) is 0 Å². The van der Waals surface area contributed by atoms with Crippen LogP contribution in [-0.4, -0.2) is 33.6 Å². The second-order valence-electron chi connectivity index (χ2n) is 3.29. The molecule has 3 N–H and O–H groups in total. The highest BCUT2D eigenvalue weighted by molar-refractivity contribution is 5.73. The summed E-state index contributed by atoms with van der Waals surface area (Å²) < 4.78 is 4.97. The van der Waals surface area contributed by atoms with E-state index in [4.69, 9.17) is 15.6 Å². The number of rotatable bonds is 5. The van der Waals surface area contributed by atoms with Gasteiger partial charge < -0.3 is 25.7 Å². The first-order valence-corrected chi connectivity index (χ1v) is 4.65. The fourth-order valence-electron chi connectivity index (χ4n) is 1.02. The predicted molar refractivity (Wildman–Crippen MR) is 56.7 cm³/mol. The number of nitrogens with zero attached hydrogens (tertiary/aromatic N) is 2. The van der Waals surface area contributed by atoms with Crippen LogP contribution in [0.5, 0.6) is 5.75 Å². The van der Waals surface area contributed by atoms with Crippen molar-refractivity contribution in [3.05, 3.63) is 27.9 Å². The van der Waals surface area contributed by atoms with Gasteiger partial charge in [0.2, 0.25) is 5.75 Å². The minimum Gasteiger partial charge on any atom is -0.483 e. The molecule has 1 aromatic rings. The van der Waals surface area contributed by atoms with Gasteiger partial charge in [-0.1, -0.05) is 0 Å². The van der Waals surface area contributed by atoms with Gasteiger partial charge in [0.25, 0.3) is 0 Å². The lowest BCUT2D eigenvalue weighted by atomic mass is 10.3. The van der Waals surface area contributed by atoms with Crippen molar-refractivity contribution in [2.24, 2.45) is 5.73 Å². The van der Waals surface area contributed by atoms with Crippen LogP contribution in [0.2, 0.25) is 0 Å². The van der Waals surface area contributed by atoms with Crippen LogP contribution in [0.15, 0.2) is 12.1 Å². The molecule has 0 amide bonds. The Labute approximate surface area is 96.2 Å². The Hall–Kier alpha value is -2.22. The maximum absolute atomic E-state index is 10.7. The highest BCUT2D eigenvalue weighted by Crippen LogP contribution is 2.24. The Morgan fingerprint density at radius 1 is 1.71 bits per heavy atom. The summed E-state index contributed by atoms with van der Waals surface area (Å²) in [7, 11) is 0. The SMILES string of the molecule is Cc1ccc(OCC(N)C(=O)O)c([N+](=O)[O-])n1. The summed E-state index contributed by atoms with van der Waals surface area (Å²) in [5.41, 5.74) is 5.67. The second kappa shape index (κ2) is 5.21. The third-order valence-corrected chi connectivity index (χ3v) is 1.89. The van der Waals surface area contributed by atoms with Crippen LogP contribution in [0.1, 0.15) is 5.69 Å². The Bertz CT molecular complexity index is 448. The van der Waals surface area contributed by atoms with Gasteiger partial charge in [0.15, 0.2) is 0 Å². The highest BCUT2D eigenvalue weighted by Gasteiger charge is 2.20. The molecule has 0 bridgehead atoms. The van der Waals surface area contributed by atoms with E-state index in [-0.39, 0.29) is 12.4 Å². The number of hydrogen-bond donors (Lipinski definition) is 2. The normalized spacial score (nSPS) is 11.9. The molecule has 0 spiro atoms. The van der Waals surface area contributed by atoms with Gasteiger partial charge in [-0.25, -0.2) is 0 Å². The summed E-state index contributed by atoms with van der Waals surface area (Å²) >= 11 is 0. The van der Waals surface area contributed by atoms with Crippen molar-refractivity contribution in [3.63, 3.8) is 0 Å². The first kappa shape index (κ1) is 12.8. The molecule has 1 rings (SSSR count). The molecule has 1 aromatic heterocycles. The van der Waals surface area contributed by atoms with Crippen LogP contribution in [0.4, 0.5) is 5.82 Å². The minimum atomic E-state index is -1.24. The zero-order valence-corrected chi connectivity index (χ0v) is 8.99. The number of aryl methyl sites for hydroxylation is 1. The number of hydrogen-bond acceptors (Lipinski definition) is 6. The third kappa shape index (κ3) is 3.38. The molecule has 0 aliphatic carbocycles. The molecule has 92 valence electrons. The van der Waals surface area contributed by atoms with Gasteiger partial charge in [-0.15, -0.1) is 0 Å². The van der Waals surface area contributed by atoms with Gasteiger partial charge in [-0.05, 0) is 22.0 Å². The average Bonchev–Trinajstić information content (AvgIpc) is 2.26. The lowest BCUT2D eigenvalue weighted by Gasteiger charge is -2.09. The standard InChI is InChI=1S/C9H11N3O5/c1-5-2-3-7(8(11-5)12(15)16)17-4-6(10)9(13)14/h2-3,6H,4,10H2,1H3,(H,13,14). The summed E-state index contributed by atoms with van der Waals surface area (Å²) in [6.45, 7) is 1.24. The number of carboxylic acid groups (broad SMARTS) is 1. The van der Waals surface area contributed by atoms with Crippen molar-refractivity contribution in [3.8, 4) is 5.75 Å². The molecule has 1 heterocycles. The lowest BCUT2D eigenvalue weighted by Crippen LogP contribution is -2.36. The van der Waals surface area contributed by atoms with Crippen LogP contribution < -0.4 is 10.5 Å². The van der Waals surface area contributed by atoms with E-state index in [1.165, 1.54) is 12.1 Å². The largest absolute Gasteiger partial charge is 0.483 e. The smallest absolute Gasteiger partial charge is 0.406 e. The van der Waals surface area contributed by atoms with Gasteiger partial charge in [-0.3, -0.25) is 4.79 Å². The quantitative estimate of drug-likeness (QED) is 0.552. The molecule has 1 atom stereocenters. The van der Waals surface area contributed by atoms with Crippen molar-refractivity contribution >= 4 is 11.8 Å². The molecule has 8 nitrogen and oxygen atoms in total. The second-order valence-corrected chi connectivity index (χ2v) is 3.29. The molecule has 17 heavy (non-hydrogen) atoms. The molecule has 0 aliphatic rings. The van der Waals surface area contributed by atoms with Crippen LogP contribution >= 0.6 is 0 Å². The maximum Gasteiger partial charge on any atom is 0.406 e.